The molecule has 0 spiro atoms. The number of piperidine rings is 1. The van der Waals surface area contributed by atoms with Crippen LogP contribution in [-0.4, -0.2) is 60.1 Å². The maximum atomic E-state index is 14.5. The second-order valence-electron chi connectivity index (χ2n) is 8.98. The molecule has 1 aliphatic rings. The van der Waals surface area contributed by atoms with E-state index in [-0.39, 0.29) is 35.2 Å². The zero-order chi connectivity index (χ0) is 25.1. The van der Waals surface area contributed by atoms with Crippen molar-refractivity contribution in [2.24, 2.45) is 0 Å². The predicted octanol–water partition coefficient (Wildman–Crippen LogP) is 3.67. The smallest absolute Gasteiger partial charge is 0.410 e. The Hall–Kier alpha value is -2.67. The molecular weight excluding hydrogens is 477 g/mol. The molecule has 1 N–H and O–H groups in total. The topological polar surface area (TPSA) is 115 Å². The molecule has 0 saturated carbocycles. The number of benzene rings is 1. The third kappa shape index (κ3) is 7.16. The third-order valence-electron chi connectivity index (χ3n) is 5.06. The van der Waals surface area contributed by atoms with E-state index in [1.165, 1.54) is 12.1 Å². The molecule has 1 aromatic carbocycles. The number of carbonyl (C=O) groups is 1. The van der Waals surface area contributed by atoms with E-state index in [4.69, 9.17) is 9.15 Å². The van der Waals surface area contributed by atoms with Crippen LogP contribution in [0, 0.1) is 5.82 Å². The van der Waals surface area contributed by atoms with Gasteiger partial charge in [-0.05, 0) is 57.7 Å². The van der Waals surface area contributed by atoms with Crippen LogP contribution in [0.4, 0.5) is 18.0 Å². The van der Waals surface area contributed by atoms with E-state index < -0.39 is 39.9 Å². The molecule has 13 heteroatoms. The van der Waals surface area contributed by atoms with Crippen molar-refractivity contribution in [2.45, 2.75) is 58.1 Å². The van der Waals surface area contributed by atoms with Gasteiger partial charge in [0.2, 0.25) is 15.9 Å². The highest BCUT2D eigenvalue weighted by molar-refractivity contribution is 7.89. The number of amides is 1. The Morgan fingerprint density at radius 1 is 1.26 bits per heavy atom. The summed E-state index contributed by atoms with van der Waals surface area (Å²) in [4.78, 5) is 13.7. The molecule has 0 aliphatic carbocycles. The van der Waals surface area contributed by atoms with Gasteiger partial charge in [-0.15, -0.1) is 10.2 Å². The van der Waals surface area contributed by atoms with Crippen LogP contribution >= 0.6 is 0 Å². The van der Waals surface area contributed by atoms with Crippen LogP contribution in [0.1, 0.15) is 51.5 Å². The van der Waals surface area contributed by atoms with Crippen molar-refractivity contribution < 1.29 is 35.5 Å². The highest BCUT2D eigenvalue weighted by Crippen LogP contribution is 2.25. The summed E-state index contributed by atoms with van der Waals surface area (Å²) in [6.07, 6.45) is -2.59. The Morgan fingerprint density at radius 3 is 2.50 bits per heavy atom. The monoisotopic (exact) mass is 504 g/mol. The molecule has 1 saturated heterocycles. The lowest BCUT2D eigenvalue weighted by molar-refractivity contribution is 0.0203. The summed E-state index contributed by atoms with van der Waals surface area (Å²) < 4.78 is 77.3. The third-order valence-corrected chi connectivity index (χ3v) is 6.49. The van der Waals surface area contributed by atoms with Crippen molar-refractivity contribution in [3.63, 3.8) is 0 Å². The lowest BCUT2D eigenvalue weighted by Crippen LogP contribution is -2.48. The van der Waals surface area contributed by atoms with Gasteiger partial charge in [0.25, 0.3) is 5.89 Å². The number of rotatable bonds is 7. The van der Waals surface area contributed by atoms with Crippen molar-refractivity contribution in [1.82, 2.24) is 19.8 Å². The summed E-state index contributed by atoms with van der Waals surface area (Å²) in [7, 11) is -3.71. The number of hydrogen-bond donors (Lipinski definition) is 1. The summed E-state index contributed by atoms with van der Waals surface area (Å²) in [6, 6.07) is 3.45. The first-order valence-electron chi connectivity index (χ1n) is 10.7. The van der Waals surface area contributed by atoms with Crippen LogP contribution in [0.25, 0.3) is 11.5 Å². The highest BCUT2D eigenvalue weighted by atomic mass is 32.2. The van der Waals surface area contributed by atoms with E-state index in [1.807, 2.05) is 0 Å². The van der Waals surface area contributed by atoms with Gasteiger partial charge in [-0.25, -0.2) is 22.3 Å². The average molecular weight is 505 g/mol. The van der Waals surface area contributed by atoms with Crippen molar-refractivity contribution in [3.8, 4) is 11.5 Å². The number of nitrogens with one attached hydrogen (secondary N) is 1. The second-order valence-corrected chi connectivity index (χ2v) is 10.9. The number of hydrogen-bond acceptors (Lipinski definition) is 7. The molecule has 2 heterocycles. The minimum absolute atomic E-state index is 0.0929. The van der Waals surface area contributed by atoms with Gasteiger partial charge in [-0.1, -0.05) is 6.07 Å². The summed E-state index contributed by atoms with van der Waals surface area (Å²) in [5.41, 5.74) is -0.357. The maximum absolute atomic E-state index is 14.5. The molecule has 3 rings (SSSR count). The fraction of sp³-hybridized carbons (Fsp3) is 0.571. The molecule has 0 unspecified atom stereocenters. The second kappa shape index (κ2) is 10.3. The van der Waals surface area contributed by atoms with E-state index in [9.17, 15) is 26.4 Å². The molecule has 2 aromatic rings. The van der Waals surface area contributed by atoms with Gasteiger partial charge >= 0.3 is 12.5 Å². The van der Waals surface area contributed by atoms with E-state index >= 15 is 0 Å². The Labute approximate surface area is 195 Å². The minimum atomic E-state index is -3.71. The Balaban J connectivity index is 1.52. The predicted molar refractivity (Wildman–Crippen MR) is 116 cm³/mol. The molecule has 1 aromatic heterocycles. The first-order chi connectivity index (χ1) is 15.8. The van der Waals surface area contributed by atoms with Crippen LogP contribution in [0.5, 0.6) is 0 Å². The molecule has 0 radical (unpaired) electrons. The first kappa shape index (κ1) is 25.9. The quantitative estimate of drug-likeness (QED) is 0.612. The van der Waals surface area contributed by atoms with E-state index in [0.29, 0.717) is 25.9 Å². The van der Waals surface area contributed by atoms with Crippen LogP contribution in [-0.2, 0) is 21.2 Å². The summed E-state index contributed by atoms with van der Waals surface area (Å²) in [5, 5.41) is 6.65. The Morgan fingerprint density at radius 2 is 1.94 bits per heavy atom. The number of likely N-dealkylation sites (tertiary alicyclic amines) is 1. The number of aryl methyl sites for hydroxylation is 1. The molecule has 1 amide bonds. The van der Waals surface area contributed by atoms with Crippen LogP contribution in [0.15, 0.2) is 22.6 Å². The zero-order valence-corrected chi connectivity index (χ0v) is 19.9. The summed E-state index contributed by atoms with van der Waals surface area (Å²) in [5.74, 6) is -2.18. The molecule has 1 fully saturated rings. The molecular formula is C21H27F3N4O5S. The van der Waals surface area contributed by atoms with E-state index in [0.717, 1.165) is 6.07 Å². The SMILES string of the molecule is CC(C)(C)OC(=O)N1CCC(NS(=O)(=O)CCc2ccc(-c3nnc(C(F)F)o3)cc2F)CC1. The number of ether oxygens (including phenoxy) is 1. The summed E-state index contributed by atoms with van der Waals surface area (Å²) in [6.45, 7) is 6.05. The summed E-state index contributed by atoms with van der Waals surface area (Å²) >= 11 is 0. The van der Waals surface area contributed by atoms with E-state index in [2.05, 4.69) is 14.9 Å². The number of sulfonamides is 1. The lowest BCUT2D eigenvalue weighted by Gasteiger charge is -2.33. The van der Waals surface area contributed by atoms with Crippen molar-refractivity contribution in [1.29, 1.82) is 0 Å². The number of nitrogens with zero attached hydrogens (tertiary/aromatic N) is 3. The molecule has 34 heavy (non-hydrogen) atoms. The van der Waals surface area contributed by atoms with Gasteiger partial charge in [-0.2, -0.15) is 8.78 Å². The highest BCUT2D eigenvalue weighted by Gasteiger charge is 2.29. The first-order valence-corrected chi connectivity index (χ1v) is 12.4. The molecule has 1 aliphatic heterocycles. The molecule has 0 bridgehead atoms. The molecule has 188 valence electrons. The van der Waals surface area contributed by atoms with E-state index in [1.54, 1.807) is 25.7 Å². The average Bonchev–Trinajstić information content (AvgIpc) is 3.22. The van der Waals surface area contributed by atoms with Crippen LogP contribution in [0.2, 0.25) is 0 Å². The molecule has 9 nitrogen and oxygen atoms in total. The van der Waals surface area contributed by atoms with Crippen molar-refractivity contribution in [3.05, 3.63) is 35.5 Å². The Bertz CT molecular complexity index is 1110. The maximum Gasteiger partial charge on any atom is 0.410 e. The standard InChI is InChI=1S/C21H27F3N4O5S/c1-21(2,3)33-20(29)28-9-6-15(7-10-28)27-34(30,31)11-8-13-4-5-14(12-16(13)22)18-25-26-19(32-18)17(23)24/h4-5,12,15,17,27H,6-11H2,1-3H3. The fourth-order valence-corrected chi connectivity index (χ4v) is 4.74. The number of aromatic nitrogens is 2. The minimum Gasteiger partial charge on any atom is -0.444 e. The number of alkyl halides is 2. The largest absolute Gasteiger partial charge is 0.444 e. The Kier molecular flexibility index (Phi) is 7.86. The zero-order valence-electron chi connectivity index (χ0n) is 19.1. The lowest BCUT2D eigenvalue weighted by atomic mass is 10.1. The van der Waals surface area contributed by atoms with Gasteiger partial charge < -0.3 is 14.1 Å². The van der Waals surface area contributed by atoms with Crippen LogP contribution in [0.3, 0.4) is 0 Å². The van der Waals surface area contributed by atoms with Crippen LogP contribution < -0.4 is 4.72 Å². The van der Waals surface area contributed by atoms with Crippen molar-refractivity contribution in [2.75, 3.05) is 18.8 Å². The van der Waals surface area contributed by atoms with Gasteiger partial charge in [0.15, 0.2) is 0 Å². The van der Waals surface area contributed by atoms with Gasteiger partial charge in [0.05, 0.1) is 5.75 Å². The number of carbonyl (C=O) groups excluding carboxylic acids is 1. The van der Waals surface area contributed by atoms with Gasteiger partial charge in [0.1, 0.15) is 11.4 Å². The van der Waals surface area contributed by atoms with Gasteiger partial charge in [-0.3, -0.25) is 0 Å². The van der Waals surface area contributed by atoms with Gasteiger partial charge in [0, 0.05) is 24.7 Å². The number of halogens is 3. The van der Waals surface area contributed by atoms with Crippen molar-refractivity contribution >= 4 is 16.1 Å². The normalized spacial score (nSPS) is 15.7. The fourth-order valence-electron chi connectivity index (χ4n) is 3.39. The molecule has 0 atom stereocenters.